The van der Waals surface area contributed by atoms with E-state index in [1.165, 1.54) is 0 Å². The van der Waals surface area contributed by atoms with Gasteiger partial charge in [-0.15, -0.1) is 0 Å². The Bertz CT molecular complexity index is 109. The summed E-state index contributed by atoms with van der Waals surface area (Å²) in [5, 5.41) is 0. The first-order valence-corrected chi connectivity index (χ1v) is 5.13. The SMILES string of the molecule is COCCOCCOCCOCCOC.[F-].[K+]. The van der Waals surface area contributed by atoms with Crippen LogP contribution in [0, 0.1) is 0 Å². The van der Waals surface area contributed by atoms with Crippen molar-refractivity contribution in [1.82, 2.24) is 0 Å². The molecule has 0 fully saturated rings. The fraction of sp³-hybridized carbons (Fsp3) is 1.00. The zero-order chi connectivity index (χ0) is 11.2. The summed E-state index contributed by atoms with van der Waals surface area (Å²) in [5.74, 6) is 0. The zero-order valence-electron chi connectivity index (χ0n) is 11.1. The molecule has 0 aromatic heterocycles. The van der Waals surface area contributed by atoms with Crippen molar-refractivity contribution in [2.45, 2.75) is 0 Å². The van der Waals surface area contributed by atoms with Crippen molar-refractivity contribution in [3.8, 4) is 0 Å². The van der Waals surface area contributed by atoms with Crippen LogP contribution in [0.4, 0.5) is 0 Å². The molecule has 0 saturated carbocycles. The molecule has 0 bridgehead atoms. The van der Waals surface area contributed by atoms with Gasteiger partial charge in [-0.2, -0.15) is 0 Å². The quantitative estimate of drug-likeness (QED) is 0.263. The number of hydrogen-bond acceptors (Lipinski definition) is 5. The van der Waals surface area contributed by atoms with Crippen LogP contribution in [0.1, 0.15) is 0 Å². The van der Waals surface area contributed by atoms with Gasteiger partial charge in [-0.3, -0.25) is 0 Å². The van der Waals surface area contributed by atoms with Crippen LogP contribution in [0.3, 0.4) is 0 Å². The molecule has 0 heterocycles. The van der Waals surface area contributed by atoms with E-state index in [1.807, 2.05) is 0 Å². The first kappa shape index (κ1) is 23.5. The summed E-state index contributed by atoms with van der Waals surface area (Å²) in [4.78, 5) is 0. The van der Waals surface area contributed by atoms with Gasteiger partial charge in [0.15, 0.2) is 0 Å². The number of rotatable bonds is 12. The average Bonchev–Trinajstić information content (AvgIpc) is 2.26. The second kappa shape index (κ2) is 22.5. The van der Waals surface area contributed by atoms with Crippen LogP contribution >= 0.6 is 0 Å². The van der Waals surface area contributed by atoms with Crippen molar-refractivity contribution in [3.63, 3.8) is 0 Å². The molecule has 0 aromatic carbocycles. The molecule has 0 spiro atoms. The van der Waals surface area contributed by atoms with E-state index in [-0.39, 0.29) is 56.1 Å². The van der Waals surface area contributed by atoms with E-state index in [9.17, 15) is 0 Å². The minimum absolute atomic E-state index is 0. The molecular weight excluding hydrogens is 258 g/mol. The molecule has 0 unspecified atom stereocenters. The molecule has 17 heavy (non-hydrogen) atoms. The minimum atomic E-state index is 0. The summed E-state index contributed by atoms with van der Waals surface area (Å²) < 4.78 is 25.3. The summed E-state index contributed by atoms with van der Waals surface area (Å²) in [6.07, 6.45) is 0. The van der Waals surface area contributed by atoms with E-state index in [4.69, 9.17) is 23.7 Å². The first-order chi connectivity index (χ1) is 7.41. The fourth-order valence-corrected chi connectivity index (χ4v) is 0.826. The van der Waals surface area contributed by atoms with Crippen LogP contribution in [0.25, 0.3) is 0 Å². The third kappa shape index (κ3) is 23.0. The second-order valence-corrected chi connectivity index (χ2v) is 2.82. The van der Waals surface area contributed by atoms with Crippen LogP contribution in [0.5, 0.6) is 0 Å². The predicted molar refractivity (Wildman–Crippen MR) is 56.2 cm³/mol. The largest absolute Gasteiger partial charge is 1.00 e. The van der Waals surface area contributed by atoms with Crippen molar-refractivity contribution < 1.29 is 79.8 Å². The normalized spacial score (nSPS) is 9.53. The molecule has 0 amide bonds. The fourth-order valence-electron chi connectivity index (χ4n) is 0.826. The third-order valence-electron chi connectivity index (χ3n) is 1.61. The van der Waals surface area contributed by atoms with E-state index in [0.717, 1.165) is 0 Å². The molecule has 0 aliphatic heterocycles. The van der Waals surface area contributed by atoms with Crippen molar-refractivity contribution >= 4 is 0 Å². The number of hydrogen-bond donors (Lipinski definition) is 0. The van der Waals surface area contributed by atoms with Gasteiger partial charge in [0.2, 0.25) is 0 Å². The molecule has 0 N–H and O–H groups in total. The van der Waals surface area contributed by atoms with Crippen LogP contribution < -0.4 is 56.1 Å². The molecule has 0 aliphatic carbocycles. The van der Waals surface area contributed by atoms with E-state index in [0.29, 0.717) is 52.9 Å². The van der Waals surface area contributed by atoms with Crippen LogP contribution in [0.2, 0.25) is 0 Å². The standard InChI is InChI=1S/C10H22O5.FH.K/c1-11-3-5-13-7-9-15-10-8-14-6-4-12-2;;/h3-10H2,1-2H3;1H;/q;;+1/p-1. The number of ether oxygens (including phenoxy) is 5. The van der Waals surface area contributed by atoms with Crippen LogP contribution in [-0.4, -0.2) is 67.1 Å². The Morgan fingerprint density at radius 1 is 0.529 bits per heavy atom. The van der Waals surface area contributed by atoms with Gasteiger partial charge >= 0.3 is 51.4 Å². The van der Waals surface area contributed by atoms with Crippen LogP contribution in [-0.2, 0) is 23.7 Å². The minimum Gasteiger partial charge on any atom is -1.00 e. The van der Waals surface area contributed by atoms with Gasteiger partial charge in [0.05, 0.1) is 52.9 Å². The molecule has 0 atom stereocenters. The smallest absolute Gasteiger partial charge is 1.00 e. The maximum atomic E-state index is 5.26. The number of halogens is 1. The van der Waals surface area contributed by atoms with Gasteiger partial charge < -0.3 is 28.4 Å². The Kier molecular flexibility index (Phi) is 31.1. The first-order valence-electron chi connectivity index (χ1n) is 5.13. The summed E-state index contributed by atoms with van der Waals surface area (Å²) in [5.41, 5.74) is 0. The molecule has 0 aliphatic rings. The summed E-state index contributed by atoms with van der Waals surface area (Å²) >= 11 is 0. The van der Waals surface area contributed by atoms with E-state index < -0.39 is 0 Å². The molecule has 100 valence electrons. The summed E-state index contributed by atoms with van der Waals surface area (Å²) in [7, 11) is 3.30. The number of methoxy groups -OCH3 is 2. The van der Waals surface area contributed by atoms with Crippen molar-refractivity contribution in [1.29, 1.82) is 0 Å². The molecule has 0 aromatic rings. The average molecular weight is 280 g/mol. The Morgan fingerprint density at radius 3 is 1.00 bits per heavy atom. The molecular formula is C10H22FKO5. The maximum Gasteiger partial charge on any atom is 1.00 e. The molecule has 0 saturated heterocycles. The topological polar surface area (TPSA) is 46.2 Å². The Labute approximate surface area is 145 Å². The second-order valence-electron chi connectivity index (χ2n) is 2.82. The van der Waals surface area contributed by atoms with E-state index in [1.54, 1.807) is 14.2 Å². The van der Waals surface area contributed by atoms with Gasteiger partial charge in [0.25, 0.3) is 0 Å². The van der Waals surface area contributed by atoms with Gasteiger partial charge in [0.1, 0.15) is 0 Å². The van der Waals surface area contributed by atoms with Gasteiger partial charge in [-0.05, 0) is 0 Å². The maximum absolute atomic E-state index is 5.26. The Morgan fingerprint density at radius 2 is 0.765 bits per heavy atom. The summed E-state index contributed by atoms with van der Waals surface area (Å²) in [6, 6.07) is 0. The van der Waals surface area contributed by atoms with Gasteiger partial charge in [0, 0.05) is 14.2 Å². The van der Waals surface area contributed by atoms with Crippen molar-refractivity contribution in [2.24, 2.45) is 0 Å². The third-order valence-corrected chi connectivity index (χ3v) is 1.61. The Hall–Kier alpha value is 1.37. The van der Waals surface area contributed by atoms with Crippen molar-refractivity contribution in [3.05, 3.63) is 0 Å². The van der Waals surface area contributed by atoms with Crippen molar-refractivity contribution in [2.75, 3.05) is 67.1 Å². The Balaban J connectivity index is -0.000000980. The monoisotopic (exact) mass is 280 g/mol. The van der Waals surface area contributed by atoms with Gasteiger partial charge in [-0.25, -0.2) is 0 Å². The molecule has 0 rings (SSSR count). The molecule has 5 nitrogen and oxygen atoms in total. The van der Waals surface area contributed by atoms with Crippen LogP contribution in [0.15, 0.2) is 0 Å². The molecule has 0 radical (unpaired) electrons. The summed E-state index contributed by atoms with van der Waals surface area (Å²) in [6.45, 7) is 4.87. The zero-order valence-corrected chi connectivity index (χ0v) is 14.2. The molecule has 7 heteroatoms. The predicted octanol–water partition coefficient (Wildman–Crippen LogP) is -5.66. The van der Waals surface area contributed by atoms with Gasteiger partial charge in [-0.1, -0.05) is 0 Å². The van der Waals surface area contributed by atoms with E-state index >= 15 is 0 Å². The van der Waals surface area contributed by atoms with E-state index in [2.05, 4.69) is 0 Å².